The van der Waals surface area contributed by atoms with Crippen LogP contribution in [0.3, 0.4) is 0 Å². The molecule has 9 nitrogen and oxygen atoms in total. The topological polar surface area (TPSA) is 104 Å². The van der Waals surface area contributed by atoms with Gasteiger partial charge in [-0.3, -0.25) is 13.9 Å². The number of hydrogen-bond donors (Lipinski definition) is 1. The van der Waals surface area contributed by atoms with E-state index in [-0.39, 0.29) is 19.0 Å². The minimum atomic E-state index is -1.19. The van der Waals surface area contributed by atoms with Gasteiger partial charge < -0.3 is 14.5 Å². The van der Waals surface area contributed by atoms with E-state index in [1.165, 1.54) is 17.8 Å². The van der Waals surface area contributed by atoms with Crippen molar-refractivity contribution in [1.29, 1.82) is 0 Å². The molecular weight excluding hydrogens is 342 g/mol. The summed E-state index contributed by atoms with van der Waals surface area (Å²) in [7, 11) is 0.361. The van der Waals surface area contributed by atoms with Crippen LogP contribution in [0.25, 0.3) is 11.2 Å². The molecule has 0 aliphatic heterocycles. The third-order valence-corrected chi connectivity index (χ3v) is 5.59. The Kier molecular flexibility index (Phi) is 5.63. The van der Waals surface area contributed by atoms with Crippen molar-refractivity contribution >= 4 is 24.9 Å². The third-order valence-electron chi connectivity index (χ3n) is 3.89. The summed E-state index contributed by atoms with van der Waals surface area (Å²) in [6.45, 7) is 9.06. The summed E-state index contributed by atoms with van der Waals surface area (Å²) in [5, 5.41) is 11.8. The predicted octanol–water partition coefficient (Wildman–Crippen LogP) is 1.06. The smallest absolute Gasteiger partial charge is 0.332 e. The fraction of sp³-hybridized carbons (Fsp3) is 0.600. The van der Waals surface area contributed by atoms with Crippen LogP contribution in [0.5, 0.6) is 0 Å². The summed E-state index contributed by atoms with van der Waals surface area (Å²) in [5.41, 5.74) is -0.131. The molecule has 2 aromatic rings. The highest BCUT2D eigenvalue weighted by Gasteiger charge is 2.17. The number of fused-ring (bicyclic) bond motifs is 1. The Bertz CT molecular complexity index is 903. The second-order valence-electron chi connectivity index (χ2n) is 7.30. The first-order valence-electron chi connectivity index (χ1n) is 8.05. The molecule has 25 heavy (non-hydrogen) atoms. The van der Waals surface area contributed by atoms with Crippen molar-refractivity contribution in [3.05, 3.63) is 27.2 Å². The first-order valence-corrected chi connectivity index (χ1v) is 11.8. The zero-order valence-electron chi connectivity index (χ0n) is 15.3. The monoisotopic (exact) mass is 367 g/mol. The van der Waals surface area contributed by atoms with Crippen molar-refractivity contribution in [3.63, 3.8) is 0 Å². The quantitative estimate of drug-likeness (QED) is 0.259. The molecule has 0 fully saturated rings. The number of aryl methyl sites for hydroxylation is 1. The Morgan fingerprint density at radius 1 is 1.36 bits per heavy atom. The van der Waals surface area contributed by atoms with Gasteiger partial charge in [-0.25, -0.2) is 9.78 Å². The molecule has 10 heteroatoms. The van der Waals surface area contributed by atoms with Crippen molar-refractivity contribution in [1.82, 2.24) is 18.7 Å². The van der Waals surface area contributed by atoms with E-state index < -0.39 is 19.3 Å². The van der Waals surface area contributed by atoms with Gasteiger partial charge in [0, 0.05) is 21.7 Å². The molecule has 0 spiro atoms. The second kappa shape index (κ2) is 7.36. The standard InChI is InChI=1S/C15H25N5O4Si/c1-11(17-23)8-20-14(21)12-13(18(2)15(20)22)16-9-19(12)10-24-6-7-25(3,4)5/h9,23H,6-8,10H2,1-5H3/b17-11+. The molecule has 2 aromatic heterocycles. The molecule has 0 bridgehead atoms. The van der Waals surface area contributed by atoms with Crippen molar-refractivity contribution in [2.75, 3.05) is 6.61 Å². The van der Waals surface area contributed by atoms with Crippen LogP contribution in [0, 0.1) is 0 Å². The van der Waals surface area contributed by atoms with Gasteiger partial charge in [-0.1, -0.05) is 24.8 Å². The fourth-order valence-corrected chi connectivity index (χ4v) is 3.12. The highest BCUT2D eigenvalue weighted by molar-refractivity contribution is 6.76. The van der Waals surface area contributed by atoms with Gasteiger partial charge in [0.2, 0.25) is 0 Å². The van der Waals surface area contributed by atoms with E-state index >= 15 is 0 Å². The summed E-state index contributed by atoms with van der Waals surface area (Å²) in [5.74, 6) is 0. The molecule has 138 valence electrons. The second-order valence-corrected chi connectivity index (χ2v) is 12.9. The maximum absolute atomic E-state index is 12.7. The average molecular weight is 367 g/mol. The third kappa shape index (κ3) is 4.26. The Balaban J connectivity index is 2.38. The molecule has 0 saturated heterocycles. The molecule has 2 heterocycles. The summed E-state index contributed by atoms with van der Waals surface area (Å²) < 4.78 is 9.62. The van der Waals surface area contributed by atoms with Crippen LogP contribution in [-0.4, -0.2) is 44.3 Å². The first-order chi connectivity index (χ1) is 11.7. The molecule has 0 unspecified atom stereocenters. The van der Waals surface area contributed by atoms with E-state index in [1.54, 1.807) is 11.6 Å². The molecule has 0 aromatic carbocycles. The van der Waals surface area contributed by atoms with Gasteiger partial charge in [0.15, 0.2) is 11.2 Å². The van der Waals surface area contributed by atoms with E-state index in [0.717, 1.165) is 10.6 Å². The van der Waals surface area contributed by atoms with Crippen molar-refractivity contribution < 1.29 is 9.94 Å². The van der Waals surface area contributed by atoms with E-state index in [1.807, 2.05) is 0 Å². The lowest BCUT2D eigenvalue weighted by atomic mass is 10.4. The highest BCUT2D eigenvalue weighted by atomic mass is 28.3. The number of oxime groups is 1. The maximum atomic E-state index is 12.7. The lowest BCUT2D eigenvalue weighted by Gasteiger charge is -2.15. The summed E-state index contributed by atoms with van der Waals surface area (Å²) >= 11 is 0. The molecule has 0 amide bonds. The van der Waals surface area contributed by atoms with Crippen LogP contribution >= 0.6 is 0 Å². The van der Waals surface area contributed by atoms with Gasteiger partial charge in [-0.2, -0.15) is 0 Å². The molecule has 0 saturated carbocycles. The van der Waals surface area contributed by atoms with E-state index in [9.17, 15) is 9.59 Å². The normalized spacial score (nSPS) is 12.9. The SMILES string of the molecule is C/C(Cn1c(=O)c2c(ncn2COCC[Si](C)(C)C)n(C)c1=O)=N\O. The average Bonchev–Trinajstić information content (AvgIpc) is 2.96. The van der Waals surface area contributed by atoms with Crippen LogP contribution in [0.2, 0.25) is 25.7 Å². The molecule has 0 atom stereocenters. The first kappa shape index (κ1) is 19.1. The number of aromatic nitrogens is 4. The molecule has 1 N–H and O–H groups in total. The zero-order chi connectivity index (χ0) is 18.8. The molecule has 2 rings (SSSR count). The Morgan fingerprint density at radius 3 is 2.64 bits per heavy atom. The number of imidazole rings is 1. The molecule has 0 aliphatic carbocycles. The number of hydrogen-bond acceptors (Lipinski definition) is 6. The van der Waals surface area contributed by atoms with Crippen molar-refractivity contribution in [2.24, 2.45) is 12.2 Å². The zero-order valence-corrected chi connectivity index (χ0v) is 16.3. The number of rotatable bonds is 7. The van der Waals surface area contributed by atoms with Crippen LogP contribution in [-0.2, 0) is 25.1 Å². The maximum Gasteiger partial charge on any atom is 0.332 e. The lowest BCUT2D eigenvalue weighted by Crippen LogP contribution is -2.41. The van der Waals surface area contributed by atoms with E-state index in [2.05, 4.69) is 29.8 Å². The van der Waals surface area contributed by atoms with Gasteiger partial charge in [0.25, 0.3) is 5.56 Å². The Morgan fingerprint density at radius 2 is 2.04 bits per heavy atom. The van der Waals surface area contributed by atoms with Gasteiger partial charge in [0.05, 0.1) is 18.6 Å². The fourth-order valence-electron chi connectivity index (χ4n) is 2.36. The van der Waals surface area contributed by atoms with E-state index in [0.29, 0.717) is 17.8 Å². The van der Waals surface area contributed by atoms with Crippen LogP contribution in [0.1, 0.15) is 6.92 Å². The van der Waals surface area contributed by atoms with Crippen molar-refractivity contribution in [3.8, 4) is 0 Å². The van der Waals surface area contributed by atoms with Gasteiger partial charge in [0.1, 0.15) is 6.73 Å². The molecule has 0 radical (unpaired) electrons. The molecule has 0 aliphatic rings. The predicted molar refractivity (Wildman–Crippen MR) is 98.2 cm³/mol. The highest BCUT2D eigenvalue weighted by Crippen LogP contribution is 2.09. The summed E-state index contributed by atoms with van der Waals surface area (Å²) in [6.07, 6.45) is 1.50. The van der Waals surface area contributed by atoms with Crippen LogP contribution in [0.4, 0.5) is 0 Å². The van der Waals surface area contributed by atoms with Crippen LogP contribution < -0.4 is 11.2 Å². The minimum Gasteiger partial charge on any atom is -0.411 e. The van der Waals surface area contributed by atoms with Gasteiger partial charge in [-0.15, -0.1) is 0 Å². The minimum absolute atomic E-state index is 0.0837. The summed E-state index contributed by atoms with van der Waals surface area (Å²) in [4.78, 5) is 29.2. The van der Waals surface area contributed by atoms with Gasteiger partial charge in [-0.05, 0) is 13.0 Å². The lowest BCUT2D eigenvalue weighted by molar-refractivity contribution is 0.0897. The largest absolute Gasteiger partial charge is 0.411 e. The number of nitrogens with zero attached hydrogens (tertiary/aromatic N) is 5. The Hall–Kier alpha value is -2.20. The van der Waals surface area contributed by atoms with E-state index in [4.69, 9.17) is 9.94 Å². The van der Waals surface area contributed by atoms with Crippen molar-refractivity contribution in [2.45, 2.75) is 45.9 Å². The van der Waals surface area contributed by atoms with Gasteiger partial charge >= 0.3 is 5.69 Å². The molecular formula is C15H25N5O4Si. The Labute approximate surface area is 146 Å². The number of ether oxygens (including phenoxy) is 1. The van der Waals surface area contributed by atoms with Crippen LogP contribution in [0.15, 0.2) is 21.1 Å². The summed E-state index contributed by atoms with van der Waals surface area (Å²) in [6, 6.07) is 1.02.